The molecular weight excluding hydrogens is 368 g/mol. The van der Waals surface area contributed by atoms with Crippen LogP contribution >= 0.6 is 11.6 Å². The van der Waals surface area contributed by atoms with Crippen LogP contribution in [0.15, 0.2) is 46.1 Å². The zero-order valence-electron chi connectivity index (χ0n) is 15.2. The van der Waals surface area contributed by atoms with E-state index in [0.29, 0.717) is 35.7 Å². The van der Waals surface area contributed by atoms with Gasteiger partial charge >= 0.3 is 5.69 Å². The lowest BCUT2D eigenvalue weighted by atomic mass is 10.2. The fraction of sp³-hybridized carbons (Fsp3) is 0.316. The monoisotopic (exact) mass is 388 g/mol. The lowest BCUT2D eigenvalue weighted by Crippen LogP contribution is -2.40. The largest absolute Gasteiger partial charge is 0.350 e. The third kappa shape index (κ3) is 3.68. The zero-order valence-corrected chi connectivity index (χ0v) is 16.0. The number of hydrogen-bond donors (Lipinski definition) is 1. The maximum Gasteiger partial charge on any atom is 0.332 e. The topological polar surface area (TPSA) is 78.0 Å². The van der Waals surface area contributed by atoms with Gasteiger partial charge in [-0.1, -0.05) is 23.7 Å². The Balaban J connectivity index is 1.88. The Kier molecular flexibility index (Phi) is 5.51. The molecule has 0 unspecified atom stereocenters. The van der Waals surface area contributed by atoms with E-state index in [1.165, 1.54) is 9.13 Å². The van der Waals surface area contributed by atoms with Crippen LogP contribution < -0.4 is 16.6 Å². The van der Waals surface area contributed by atoms with Crippen LogP contribution in [0.1, 0.15) is 19.4 Å². The number of nitrogens with one attached hydrogen (secondary N) is 1. The molecule has 2 aromatic heterocycles. The van der Waals surface area contributed by atoms with Gasteiger partial charge in [0, 0.05) is 30.9 Å². The van der Waals surface area contributed by atoms with E-state index >= 15 is 0 Å². The number of carbonyl (C=O) groups excluding carboxylic acids is 1. The zero-order chi connectivity index (χ0) is 19.6. The van der Waals surface area contributed by atoms with Crippen molar-refractivity contribution in [2.24, 2.45) is 0 Å². The van der Waals surface area contributed by atoms with Crippen LogP contribution in [0.5, 0.6) is 0 Å². The molecule has 0 aliphatic heterocycles. The Morgan fingerprint density at radius 1 is 1.11 bits per heavy atom. The Labute approximate surface area is 160 Å². The number of nitrogens with zero attached hydrogens (tertiary/aromatic N) is 3. The second-order valence-electron chi connectivity index (χ2n) is 6.16. The summed E-state index contributed by atoms with van der Waals surface area (Å²) in [6.07, 6.45) is 1.66. The molecule has 0 spiro atoms. The highest BCUT2D eigenvalue weighted by Crippen LogP contribution is 2.12. The molecule has 0 saturated heterocycles. The van der Waals surface area contributed by atoms with Crippen molar-refractivity contribution in [3.8, 4) is 0 Å². The van der Waals surface area contributed by atoms with Crippen LogP contribution in [-0.2, 0) is 31.0 Å². The van der Waals surface area contributed by atoms with Crippen LogP contribution in [0.3, 0.4) is 0 Å². The molecule has 0 bridgehead atoms. The van der Waals surface area contributed by atoms with Crippen LogP contribution in [0.2, 0.25) is 5.02 Å². The van der Waals surface area contributed by atoms with Gasteiger partial charge in [0.25, 0.3) is 5.56 Å². The van der Waals surface area contributed by atoms with Crippen molar-refractivity contribution in [2.75, 3.05) is 0 Å². The molecule has 1 aromatic carbocycles. The van der Waals surface area contributed by atoms with Crippen molar-refractivity contribution < 1.29 is 4.79 Å². The summed E-state index contributed by atoms with van der Waals surface area (Å²) >= 11 is 5.95. The number of amides is 1. The first-order chi connectivity index (χ1) is 13.0. The number of hydrogen-bond acceptors (Lipinski definition) is 3. The van der Waals surface area contributed by atoms with Gasteiger partial charge in [-0.25, -0.2) is 4.79 Å². The van der Waals surface area contributed by atoms with E-state index in [0.717, 1.165) is 5.56 Å². The molecule has 0 atom stereocenters. The van der Waals surface area contributed by atoms with E-state index in [4.69, 9.17) is 11.6 Å². The first-order valence-electron chi connectivity index (χ1n) is 8.79. The van der Waals surface area contributed by atoms with Crippen molar-refractivity contribution >= 4 is 28.5 Å². The smallest absolute Gasteiger partial charge is 0.332 e. The summed E-state index contributed by atoms with van der Waals surface area (Å²) in [5, 5.41) is 3.87. The van der Waals surface area contributed by atoms with Gasteiger partial charge in [0.05, 0.1) is 5.39 Å². The standard InChI is InChI=1S/C19H21ClN4O3/c1-3-23-17-15(18(26)24(4-2)19(23)27)8-9-22(17)12-16(25)21-11-13-6-5-7-14(20)10-13/h5-10H,3-4,11-12H2,1-2H3,(H,21,25). The van der Waals surface area contributed by atoms with E-state index in [2.05, 4.69) is 5.32 Å². The normalized spacial score (nSPS) is 11.1. The summed E-state index contributed by atoms with van der Waals surface area (Å²) in [7, 11) is 0. The van der Waals surface area contributed by atoms with E-state index in [-0.39, 0.29) is 23.7 Å². The SMILES string of the molecule is CCn1c(=O)c2ccn(CC(=O)NCc3cccc(Cl)c3)c2n(CC)c1=O. The quantitative estimate of drug-likeness (QED) is 0.701. The van der Waals surface area contributed by atoms with Gasteiger partial charge < -0.3 is 9.88 Å². The molecule has 1 amide bonds. The molecule has 0 fully saturated rings. The van der Waals surface area contributed by atoms with Gasteiger partial charge in [0.15, 0.2) is 0 Å². The van der Waals surface area contributed by atoms with Crippen molar-refractivity contribution in [1.29, 1.82) is 0 Å². The molecule has 0 aliphatic carbocycles. The van der Waals surface area contributed by atoms with E-state index < -0.39 is 0 Å². The second kappa shape index (κ2) is 7.84. The maximum atomic E-state index is 12.5. The highest BCUT2D eigenvalue weighted by Gasteiger charge is 2.16. The third-order valence-electron chi connectivity index (χ3n) is 4.45. The number of fused-ring (bicyclic) bond motifs is 1. The first kappa shape index (κ1) is 19.0. The number of aromatic nitrogens is 3. The highest BCUT2D eigenvalue weighted by molar-refractivity contribution is 6.30. The minimum Gasteiger partial charge on any atom is -0.350 e. The minimum absolute atomic E-state index is 0.0130. The summed E-state index contributed by atoms with van der Waals surface area (Å²) in [4.78, 5) is 37.4. The average molecular weight is 389 g/mol. The second-order valence-corrected chi connectivity index (χ2v) is 6.60. The fourth-order valence-corrected chi connectivity index (χ4v) is 3.36. The highest BCUT2D eigenvalue weighted by atomic mass is 35.5. The number of halogens is 1. The van der Waals surface area contributed by atoms with Crippen molar-refractivity contribution in [3.05, 3.63) is 68.0 Å². The minimum atomic E-state index is -0.364. The number of rotatable bonds is 6. The molecule has 7 nitrogen and oxygen atoms in total. The number of aryl methyl sites for hydroxylation is 1. The molecule has 0 saturated carbocycles. The lowest BCUT2D eigenvalue weighted by Gasteiger charge is -2.13. The van der Waals surface area contributed by atoms with Crippen LogP contribution in [0.25, 0.3) is 11.0 Å². The number of carbonyl (C=O) groups is 1. The predicted molar refractivity (Wildman–Crippen MR) is 105 cm³/mol. The molecule has 0 aliphatic rings. The van der Waals surface area contributed by atoms with E-state index in [1.807, 2.05) is 19.1 Å². The molecule has 3 rings (SSSR count). The Morgan fingerprint density at radius 2 is 1.85 bits per heavy atom. The van der Waals surface area contributed by atoms with E-state index in [9.17, 15) is 14.4 Å². The van der Waals surface area contributed by atoms with Gasteiger partial charge in [-0.3, -0.25) is 18.7 Å². The van der Waals surface area contributed by atoms with Gasteiger partial charge in [-0.2, -0.15) is 0 Å². The lowest BCUT2D eigenvalue weighted by molar-refractivity contribution is -0.121. The molecule has 8 heteroatoms. The molecule has 2 heterocycles. The summed E-state index contributed by atoms with van der Waals surface area (Å²) in [6.45, 7) is 4.67. The van der Waals surface area contributed by atoms with Gasteiger partial charge in [-0.05, 0) is 37.6 Å². The van der Waals surface area contributed by atoms with E-state index in [1.54, 1.807) is 35.9 Å². The average Bonchev–Trinajstić information content (AvgIpc) is 3.05. The van der Waals surface area contributed by atoms with Crippen molar-refractivity contribution in [3.63, 3.8) is 0 Å². The third-order valence-corrected chi connectivity index (χ3v) is 4.69. The molecule has 3 aromatic rings. The summed E-state index contributed by atoms with van der Waals surface area (Å²) in [5.74, 6) is -0.220. The van der Waals surface area contributed by atoms with Crippen LogP contribution in [0.4, 0.5) is 0 Å². The predicted octanol–water partition coefficient (Wildman–Crippen LogP) is 1.97. The van der Waals surface area contributed by atoms with Crippen molar-refractivity contribution in [2.45, 2.75) is 40.0 Å². The molecule has 0 radical (unpaired) electrons. The first-order valence-corrected chi connectivity index (χ1v) is 9.17. The Morgan fingerprint density at radius 3 is 2.52 bits per heavy atom. The maximum absolute atomic E-state index is 12.5. The summed E-state index contributed by atoms with van der Waals surface area (Å²) in [5.41, 5.74) is 0.664. The summed E-state index contributed by atoms with van der Waals surface area (Å²) < 4.78 is 4.36. The van der Waals surface area contributed by atoms with Gasteiger partial charge in [0.1, 0.15) is 12.2 Å². The van der Waals surface area contributed by atoms with Crippen LogP contribution in [-0.4, -0.2) is 19.6 Å². The molecular formula is C19H21ClN4O3. The fourth-order valence-electron chi connectivity index (χ4n) is 3.15. The number of benzene rings is 1. The van der Waals surface area contributed by atoms with Crippen LogP contribution in [0, 0.1) is 0 Å². The molecule has 27 heavy (non-hydrogen) atoms. The van der Waals surface area contributed by atoms with Crippen molar-refractivity contribution in [1.82, 2.24) is 19.0 Å². The van der Waals surface area contributed by atoms with Gasteiger partial charge in [-0.15, -0.1) is 0 Å². The Bertz CT molecular complexity index is 1110. The van der Waals surface area contributed by atoms with Gasteiger partial charge in [0.2, 0.25) is 5.91 Å². The summed E-state index contributed by atoms with van der Waals surface area (Å²) in [6, 6.07) is 8.90. The molecule has 1 N–H and O–H groups in total. The Hall–Kier alpha value is -2.80. The molecule has 142 valence electrons.